The fourth-order valence-corrected chi connectivity index (χ4v) is 2.84. The molecule has 1 aliphatic rings. The summed E-state index contributed by atoms with van der Waals surface area (Å²) in [4.78, 5) is 1.30. The summed E-state index contributed by atoms with van der Waals surface area (Å²) in [7, 11) is 0. The highest BCUT2D eigenvalue weighted by Gasteiger charge is 2.17. The van der Waals surface area contributed by atoms with E-state index in [1.165, 1.54) is 47.5 Å². The Bertz CT molecular complexity index is 428. The highest BCUT2D eigenvalue weighted by atomic mass is 32.1. The predicted molar refractivity (Wildman–Crippen MR) is 58.5 cm³/mol. The maximum atomic E-state index is 4.43. The molecular formula is C11H12N2S. The minimum Gasteiger partial charge on any atom is -0.282 e. The van der Waals surface area contributed by atoms with E-state index in [2.05, 4.69) is 27.7 Å². The number of rotatable bonds is 1. The number of aryl methyl sites for hydroxylation is 1. The Morgan fingerprint density at radius 2 is 2.21 bits per heavy atom. The molecule has 0 radical (unpaired) electrons. The Morgan fingerprint density at radius 3 is 3.07 bits per heavy atom. The quantitative estimate of drug-likeness (QED) is 0.760. The van der Waals surface area contributed by atoms with Crippen LogP contribution >= 0.6 is 11.3 Å². The molecule has 0 saturated carbocycles. The summed E-state index contributed by atoms with van der Waals surface area (Å²) in [5.74, 6) is 0. The van der Waals surface area contributed by atoms with E-state index in [0.29, 0.717) is 0 Å². The van der Waals surface area contributed by atoms with E-state index in [-0.39, 0.29) is 0 Å². The van der Waals surface area contributed by atoms with E-state index < -0.39 is 0 Å². The van der Waals surface area contributed by atoms with Crippen LogP contribution < -0.4 is 0 Å². The van der Waals surface area contributed by atoms with Crippen LogP contribution in [0.25, 0.3) is 10.6 Å². The van der Waals surface area contributed by atoms with Crippen LogP contribution in [-0.4, -0.2) is 10.2 Å². The predicted octanol–water partition coefficient (Wildman–Crippen LogP) is 3.02. The van der Waals surface area contributed by atoms with Gasteiger partial charge in [-0.05, 0) is 37.1 Å². The molecule has 0 saturated heterocycles. The second kappa shape index (κ2) is 3.24. The lowest BCUT2D eigenvalue weighted by Gasteiger charge is -2.10. The first-order valence-corrected chi connectivity index (χ1v) is 5.93. The summed E-state index contributed by atoms with van der Waals surface area (Å²) in [5.41, 5.74) is 4.01. The van der Waals surface area contributed by atoms with E-state index in [0.717, 1.165) is 0 Å². The molecule has 1 aliphatic carbocycles. The number of H-pyrrole nitrogens is 1. The fraction of sp³-hybridized carbons (Fsp3) is 0.364. The van der Waals surface area contributed by atoms with Crippen LogP contribution in [0.1, 0.15) is 24.1 Å². The molecule has 2 heterocycles. The number of fused-ring (bicyclic) bond motifs is 1. The third kappa shape index (κ3) is 1.20. The molecule has 0 fully saturated rings. The summed E-state index contributed by atoms with van der Waals surface area (Å²) in [6, 6.07) is 4.24. The first-order valence-electron chi connectivity index (χ1n) is 5.05. The van der Waals surface area contributed by atoms with Crippen molar-refractivity contribution in [1.29, 1.82) is 0 Å². The molecule has 0 amide bonds. The van der Waals surface area contributed by atoms with Crippen LogP contribution in [0.5, 0.6) is 0 Å². The SMILES string of the molecule is c1csc(-c2n[nH]c3c2CCCC3)c1. The molecule has 0 atom stereocenters. The lowest BCUT2D eigenvalue weighted by Crippen LogP contribution is -2.00. The van der Waals surface area contributed by atoms with Gasteiger partial charge in [-0.25, -0.2) is 0 Å². The highest BCUT2D eigenvalue weighted by molar-refractivity contribution is 7.13. The maximum absolute atomic E-state index is 4.43. The van der Waals surface area contributed by atoms with Crippen molar-refractivity contribution in [2.24, 2.45) is 0 Å². The standard InChI is InChI=1S/C11H12N2S/c1-2-5-9-8(4-1)11(13-12-9)10-6-3-7-14-10/h3,6-7H,1-2,4-5H2,(H,12,13). The number of nitrogens with one attached hydrogen (secondary N) is 1. The first kappa shape index (κ1) is 8.24. The second-order valence-electron chi connectivity index (χ2n) is 3.71. The molecule has 0 bridgehead atoms. The van der Waals surface area contributed by atoms with Gasteiger partial charge >= 0.3 is 0 Å². The Hall–Kier alpha value is -1.09. The van der Waals surface area contributed by atoms with Gasteiger partial charge in [0, 0.05) is 11.3 Å². The van der Waals surface area contributed by atoms with E-state index in [1.54, 1.807) is 11.3 Å². The van der Waals surface area contributed by atoms with Gasteiger partial charge in [0.2, 0.25) is 0 Å². The Labute approximate surface area is 87.0 Å². The van der Waals surface area contributed by atoms with Gasteiger partial charge in [0.25, 0.3) is 0 Å². The van der Waals surface area contributed by atoms with E-state index in [1.807, 2.05) is 0 Å². The van der Waals surface area contributed by atoms with Crippen molar-refractivity contribution in [2.75, 3.05) is 0 Å². The van der Waals surface area contributed by atoms with E-state index in [9.17, 15) is 0 Å². The Balaban J connectivity index is 2.11. The van der Waals surface area contributed by atoms with Crippen LogP contribution in [-0.2, 0) is 12.8 Å². The molecule has 0 aliphatic heterocycles. The van der Waals surface area contributed by atoms with Gasteiger partial charge in [-0.15, -0.1) is 11.3 Å². The average Bonchev–Trinajstić information content (AvgIpc) is 2.85. The smallest absolute Gasteiger partial charge is 0.105 e. The zero-order valence-electron chi connectivity index (χ0n) is 7.92. The third-order valence-electron chi connectivity index (χ3n) is 2.81. The molecular weight excluding hydrogens is 192 g/mol. The number of aromatic nitrogens is 2. The molecule has 0 spiro atoms. The van der Waals surface area contributed by atoms with Crippen molar-refractivity contribution in [2.45, 2.75) is 25.7 Å². The van der Waals surface area contributed by atoms with Crippen molar-refractivity contribution in [3.63, 3.8) is 0 Å². The zero-order valence-corrected chi connectivity index (χ0v) is 8.73. The number of hydrogen-bond donors (Lipinski definition) is 1. The van der Waals surface area contributed by atoms with Crippen LogP contribution in [0.15, 0.2) is 17.5 Å². The summed E-state index contributed by atoms with van der Waals surface area (Å²) < 4.78 is 0. The first-order chi connectivity index (χ1) is 6.95. The minimum atomic E-state index is 1.17. The lowest BCUT2D eigenvalue weighted by molar-refractivity contribution is 0.675. The molecule has 14 heavy (non-hydrogen) atoms. The maximum Gasteiger partial charge on any atom is 0.105 e. The number of nitrogens with zero attached hydrogens (tertiary/aromatic N) is 1. The van der Waals surface area contributed by atoms with Gasteiger partial charge < -0.3 is 0 Å². The molecule has 3 heteroatoms. The van der Waals surface area contributed by atoms with Crippen LogP contribution in [0.3, 0.4) is 0 Å². The van der Waals surface area contributed by atoms with Crippen molar-refractivity contribution in [3.05, 3.63) is 28.8 Å². The number of hydrogen-bond acceptors (Lipinski definition) is 2. The number of aromatic amines is 1. The molecule has 0 unspecified atom stereocenters. The highest BCUT2D eigenvalue weighted by Crippen LogP contribution is 2.31. The molecule has 72 valence electrons. The van der Waals surface area contributed by atoms with Crippen LogP contribution in [0.2, 0.25) is 0 Å². The van der Waals surface area contributed by atoms with E-state index in [4.69, 9.17) is 0 Å². The summed E-state index contributed by atoms with van der Waals surface area (Å²) >= 11 is 1.77. The van der Waals surface area contributed by atoms with Gasteiger partial charge in [-0.3, -0.25) is 5.10 Å². The molecule has 0 aromatic carbocycles. The lowest BCUT2D eigenvalue weighted by atomic mass is 9.95. The van der Waals surface area contributed by atoms with Gasteiger partial charge in [0.05, 0.1) is 4.88 Å². The van der Waals surface area contributed by atoms with Gasteiger partial charge in [-0.1, -0.05) is 6.07 Å². The molecule has 1 N–H and O–H groups in total. The van der Waals surface area contributed by atoms with Gasteiger partial charge in [0.15, 0.2) is 0 Å². The monoisotopic (exact) mass is 204 g/mol. The van der Waals surface area contributed by atoms with Crippen molar-refractivity contribution < 1.29 is 0 Å². The molecule has 2 nitrogen and oxygen atoms in total. The van der Waals surface area contributed by atoms with E-state index >= 15 is 0 Å². The number of thiophene rings is 1. The third-order valence-corrected chi connectivity index (χ3v) is 3.69. The van der Waals surface area contributed by atoms with Crippen LogP contribution in [0, 0.1) is 0 Å². The molecule has 3 rings (SSSR count). The fourth-order valence-electron chi connectivity index (χ4n) is 2.10. The molecule has 2 aromatic rings. The zero-order chi connectivity index (χ0) is 9.38. The summed E-state index contributed by atoms with van der Waals surface area (Å²) in [6.07, 6.45) is 4.98. The van der Waals surface area contributed by atoms with Crippen LogP contribution in [0.4, 0.5) is 0 Å². The van der Waals surface area contributed by atoms with Crippen molar-refractivity contribution in [1.82, 2.24) is 10.2 Å². The Kier molecular flexibility index (Phi) is 1.91. The van der Waals surface area contributed by atoms with Gasteiger partial charge in [-0.2, -0.15) is 5.10 Å². The van der Waals surface area contributed by atoms with Crippen molar-refractivity contribution in [3.8, 4) is 10.6 Å². The minimum absolute atomic E-state index is 1.17. The largest absolute Gasteiger partial charge is 0.282 e. The average molecular weight is 204 g/mol. The molecule has 2 aromatic heterocycles. The second-order valence-corrected chi connectivity index (χ2v) is 4.66. The summed E-state index contributed by atoms with van der Waals surface area (Å²) in [6.45, 7) is 0. The van der Waals surface area contributed by atoms with Crippen molar-refractivity contribution >= 4 is 11.3 Å². The topological polar surface area (TPSA) is 28.7 Å². The van der Waals surface area contributed by atoms with Gasteiger partial charge in [0.1, 0.15) is 5.69 Å². The Morgan fingerprint density at radius 1 is 1.29 bits per heavy atom. The normalized spacial score (nSPS) is 15.4. The summed E-state index contributed by atoms with van der Waals surface area (Å²) in [5, 5.41) is 9.71.